The summed E-state index contributed by atoms with van der Waals surface area (Å²) in [6, 6.07) is 3.08. The molecule has 1 heterocycles. The number of esters is 1. The summed E-state index contributed by atoms with van der Waals surface area (Å²) < 4.78 is 44.3. The molecule has 0 atom stereocenters. The first-order valence-corrected chi connectivity index (χ1v) is 8.46. The lowest BCUT2D eigenvalue weighted by atomic mass is 10.3. The fraction of sp³-hybridized carbons (Fsp3) is 0.214. The van der Waals surface area contributed by atoms with Gasteiger partial charge < -0.3 is 4.74 Å². The van der Waals surface area contributed by atoms with Crippen molar-refractivity contribution < 1.29 is 22.3 Å². The maximum absolute atomic E-state index is 13.1. The van der Waals surface area contributed by atoms with Crippen LogP contribution in [0, 0.1) is 12.7 Å². The summed E-state index contributed by atoms with van der Waals surface area (Å²) >= 11 is 5.59. The molecule has 2 aromatic rings. The molecule has 0 bridgehead atoms. The number of aryl methyl sites for hydroxylation is 1. The van der Waals surface area contributed by atoms with Gasteiger partial charge in [-0.2, -0.15) is 0 Å². The van der Waals surface area contributed by atoms with Crippen LogP contribution in [0.1, 0.15) is 21.9 Å². The summed E-state index contributed by atoms with van der Waals surface area (Å²) in [5.41, 5.74) is 0.726. The number of hydrogen-bond acceptors (Lipinski definition) is 6. The average molecular weight is 374 g/mol. The van der Waals surface area contributed by atoms with Crippen molar-refractivity contribution in [3.8, 4) is 0 Å². The first-order chi connectivity index (χ1) is 11.2. The molecule has 2 rings (SSSR count). The number of rotatable bonds is 5. The SMILES string of the molecule is COC(=O)c1cnc(CNS(=O)(=O)c2ccc(F)c(Cl)c2)c(C)n1. The minimum absolute atomic E-state index is 0.0203. The maximum atomic E-state index is 13.1. The highest BCUT2D eigenvalue weighted by Gasteiger charge is 2.17. The number of nitrogens with zero attached hydrogens (tertiary/aromatic N) is 2. The van der Waals surface area contributed by atoms with Gasteiger partial charge in [0.25, 0.3) is 0 Å². The molecule has 128 valence electrons. The third-order valence-electron chi connectivity index (χ3n) is 3.07. The number of aromatic nitrogens is 2. The number of halogens is 2. The number of carbonyl (C=O) groups excluding carboxylic acids is 1. The summed E-state index contributed by atoms with van der Waals surface area (Å²) in [5, 5.41) is -0.295. The Kier molecular flexibility index (Phi) is 5.47. The second kappa shape index (κ2) is 7.20. The number of ether oxygens (including phenoxy) is 1. The Balaban J connectivity index is 2.17. The highest BCUT2D eigenvalue weighted by Crippen LogP contribution is 2.19. The van der Waals surface area contributed by atoms with Gasteiger partial charge in [0.1, 0.15) is 5.82 Å². The van der Waals surface area contributed by atoms with E-state index in [2.05, 4.69) is 19.4 Å². The molecule has 0 radical (unpaired) electrons. The topological polar surface area (TPSA) is 98.2 Å². The van der Waals surface area contributed by atoms with Crippen LogP contribution >= 0.6 is 11.6 Å². The Bertz CT molecular complexity index is 890. The van der Waals surface area contributed by atoms with Crippen LogP contribution in [0.5, 0.6) is 0 Å². The smallest absolute Gasteiger partial charge is 0.358 e. The average Bonchev–Trinajstić information content (AvgIpc) is 2.55. The Morgan fingerprint density at radius 2 is 2.12 bits per heavy atom. The molecule has 0 saturated carbocycles. The van der Waals surface area contributed by atoms with E-state index in [1.807, 2.05) is 0 Å². The first-order valence-electron chi connectivity index (χ1n) is 6.60. The minimum atomic E-state index is -3.91. The third kappa shape index (κ3) is 4.05. The number of sulfonamides is 1. The highest BCUT2D eigenvalue weighted by molar-refractivity contribution is 7.89. The monoisotopic (exact) mass is 373 g/mol. The third-order valence-corrected chi connectivity index (χ3v) is 4.76. The van der Waals surface area contributed by atoms with Gasteiger partial charge in [-0.25, -0.2) is 27.3 Å². The maximum Gasteiger partial charge on any atom is 0.358 e. The Labute approximate surface area is 142 Å². The summed E-state index contributed by atoms with van der Waals surface area (Å²) in [7, 11) is -2.69. The van der Waals surface area contributed by atoms with Crippen molar-refractivity contribution in [3.05, 3.63) is 52.3 Å². The summed E-state index contributed by atoms with van der Waals surface area (Å²) in [4.78, 5) is 19.2. The molecule has 10 heteroatoms. The molecule has 24 heavy (non-hydrogen) atoms. The van der Waals surface area contributed by atoms with E-state index in [1.54, 1.807) is 6.92 Å². The van der Waals surface area contributed by atoms with Gasteiger partial charge in [0, 0.05) is 0 Å². The summed E-state index contributed by atoms with van der Waals surface area (Å²) in [6.07, 6.45) is 1.19. The molecule has 0 saturated heterocycles. The molecule has 7 nitrogen and oxygen atoms in total. The minimum Gasteiger partial charge on any atom is -0.464 e. The zero-order valence-corrected chi connectivity index (χ0v) is 14.3. The Morgan fingerprint density at radius 1 is 1.42 bits per heavy atom. The van der Waals surface area contributed by atoms with Gasteiger partial charge in [-0.1, -0.05) is 11.6 Å². The van der Waals surface area contributed by atoms with Crippen LogP contribution in [0.3, 0.4) is 0 Å². The van der Waals surface area contributed by atoms with Gasteiger partial charge in [-0.15, -0.1) is 0 Å². The molecular formula is C14H13ClFN3O4S. The molecule has 0 aliphatic heterocycles. The van der Waals surface area contributed by atoms with Gasteiger partial charge in [-0.3, -0.25) is 4.98 Å². The lowest BCUT2D eigenvalue weighted by molar-refractivity contribution is 0.0593. The normalized spacial score (nSPS) is 11.3. The molecule has 1 aromatic carbocycles. The lowest BCUT2D eigenvalue weighted by Crippen LogP contribution is -2.24. The molecule has 0 amide bonds. The van der Waals surface area contributed by atoms with Crippen LogP contribution in [-0.2, 0) is 21.3 Å². The van der Waals surface area contributed by atoms with E-state index in [4.69, 9.17) is 11.6 Å². The van der Waals surface area contributed by atoms with Crippen LogP contribution in [0.4, 0.5) is 4.39 Å². The summed E-state index contributed by atoms with van der Waals surface area (Å²) in [6.45, 7) is 1.43. The zero-order chi connectivity index (χ0) is 17.9. The van der Waals surface area contributed by atoms with Crippen molar-refractivity contribution in [1.29, 1.82) is 0 Å². The molecule has 0 aliphatic carbocycles. The van der Waals surface area contributed by atoms with Crippen LogP contribution in [0.2, 0.25) is 5.02 Å². The van der Waals surface area contributed by atoms with Gasteiger partial charge in [0.2, 0.25) is 10.0 Å². The van der Waals surface area contributed by atoms with Crippen molar-refractivity contribution in [2.45, 2.75) is 18.4 Å². The molecule has 0 fully saturated rings. The van der Waals surface area contributed by atoms with E-state index in [1.165, 1.54) is 13.3 Å². The second-order valence-corrected chi connectivity index (χ2v) is 6.85. The largest absolute Gasteiger partial charge is 0.464 e. The first kappa shape index (κ1) is 18.2. The zero-order valence-electron chi connectivity index (χ0n) is 12.7. The van der Waals surface area contributed by atoms with E-state index in [0.717, 1.165) is 18.2 Å². The molecule has 1 aromatic heterocycles. The van der Waals surface area contributed by atoms with Crippen LogP contribution in [0.15, 0.2) is 29.3 Å². The molecule has 0 unspecified atom stereocenters. The predicted octanol–water partition coefficient (Wildman–Crippen LogP) is 1.84. The summed E-state index contributed by atoms with van der Waals surface area (Å²) in [5.74, 6) is -1.35. The highest BCUT2D eigenvalue weighted by atomic mass is 35.5. The van der Waals surface area contributed by atoms with Crippen LogP contribution in [-0.4, -0.2) is 31.5 Å². The number of benzene rings is 1. The van der Waals surface area contributed by atoms with E-state index in [9.17, 15) is 17.6 Å². The van der Waals surface area contributed by atoms with Crippen molar-refractivity contribution >= 4 is 27.6 Å². The predicted molar refractivity (Wildman–Crippen MR) is 83.5 cm³/mol. The molecule has 0 spiro atoms. The number of methoxy groups -OCH3 is 1. The van der Waals surface area contributed by atoms with E-state index < -0.39 is 21.8 Å². The Morgan fingerprint density at radius 3 is 2.71 bits per heavy atom. The fourth-order valence-electron chi connectivity index (χ4n) is 1.77. The van der Waals surface area contributed by atoms with Gasteiger partial charge >= 0.3 is 5.97 Å². The number of hydrogen-bond donors (Lipinski definition) is 1. The van der Waals surface area contributed by atoms with E-state index in [-0.39, 0.29) is 22.2 Å². The van der Waals surface area contributed by atoms with Crippen LogP contribution in [0.25, 0.3) is 0 Å². The second-order valence-electron chi connectivity index (χ2n) is 4.68. The van der Waals surface area contributed by atoms with Crippen molar-refractivity contribution in [3.63, 3.8) is 0 Å². The fourth-order valence-corrected chi connectivity index (χ4v) is 3.03. The standard InChI is InChI=1S/C14H13ClFN3O4S/c1-8-12(17-6-13(19-8)14(20)23-2)7-18-24(21,22)9-3-4-11(16)10(15)5-9/h3-6,18H,7H2,1-2H3. The van der Waals surface area contributed by atoms with Gasteiger partial charge in [0.05, 0.1) is 41.2 Å². The quantitative estimate of drug-likeness (QED) is 0.803. The molecule has 1 N–H and O–H groups in total. The number of nitrogens with one attached hydrogen (secondary N) is 1. The molecule has 0 aliphatic rings. The van der Waals surface area contributed by atoms with Gasteiger partial charge in [-0.05, 0) is 25.1 Å². The lowest BCUT2D eigenvalue weighted by Gasteiger charge is -2.09. The molecular weight excluding hydrogens is 361 g/mol. The number of carbonyl (C=O) groups is 1. The van der Waals surface area contributed by atoms with Crippen molar-refractivity contribution in [1.82, 2.24) is 14.7 Å². The van der Waals surface area contributed by atoms with Gasteiger partial charge in [0.15, 0.2) is 5.69 Å². The van der Waals surface area contributed by atoms with E-state index >= 15 is 0 Å². The van der Waals surface area contributed by atoms with Crippen molar-refractivity contribution in [2.75, 3.05) is 7.11 Å². The van der Waals surface area contributed by atoms with Crippen molar-refractivity contribution in [2.24, 2.45) is 0 Å². The van der Waals surface area contributed by atoms with Crippen LogP contribution < -0.4 is 4.72 Å². The van der Waals surface area contributed by atoms with E-state index in [0.29, 0.717) is 11.4 Å². The Hall–Kier alpha value is -2.10.